The van der Waals surface area contributed by atoms with Crippen LogP contribution in [0.3, 0.4) is 0 Å². The zero-order valence-corrected chi connectivity index (χ0v) is 7.95. The van der Waals surface area contributed by atoms with Gasteiger partial charge in [0.15, 0.2) is 0 Å². The molecule has 1 aliphatic heterocycles. The van der Waals surface area contributed by atoms with E-state index in [-0.39, 0.29) is 24.7 Å². The fourth-order valence-corrected chi connectivity index (χ4v) is 2.14. The van der Waals surface area contributed by atoms with Gasteiger partial charge in [0.2, 0.25) is 5.91 Å². The van der Waals surface area contributed by atoms with Crippen LogP contribution >= 0.6 is 0 Å². The first-order valence-electron chi connectivity index (χ1n) is 4.72. The minimum Gasteiger partial charge on any atom is -0.366 e. The summed E-state index contributed by atoms with van der Waals surface area (Å²) in [6.07, 6.45) is 3.15. The van der Waals surface area contributed by atoms with E-state index in [1.165, 1.54) is 5.57 Å². The number of amides is 1. The van der Waals surface area contributed by atoms with Crippen LogP contribution in [0.5, 0.6) is 0 Å². The molecule has 1 heterocycles. The molecule has 0 bridgehead atoms. The maximum absolute atomic E-state index is 11.3. The Morgan fingerprint density at radius 1 is 1.62 bits per heavy atom. The first kappa shape index (κ1) is 8.75. The maximum atomic E-state index is 11.3. The third-order valence-corrected chi connectivity index (χ3v) is 3.02. The van der Waals surface area contributed by atoms with E-state index in [1.54, 1.807) is 0 Å². The molecule has 2 aliphatic rings. The molecule has 1 saturated heterocycles. The number of likely N-dealkylation sites (N-methyl/N-ethyl adjacent to an activating group) is 1. The lowest BCUT2D eigenvalue weighted by Gasteiger charge is -2.42. The van der Waals surface area contributed by atoms with Crippen molar-refractivity contribution >= 4 is 5.91 Å². The zero-order chi connectivity index (χ0) is 9.42. The van der Waals surface area contributed by atoms with E-state index in [1.807, 2.05) is 11.9 Å². The summed E-state index contributed by atoms with van der Waals surface area (Å²) < 4.78 is 5.48. The standard InChI is InChI=1S/C10H15NO2/c1-7-3-4-8-9(5-7)13-6-10(12)11(8)2/h8-9H,1,3-6H2,2H3. The lowest BCUT2D eigenvalue weighted by atomic mass is 9.87. The number of carbonyl (C=O) groups excluding carboxylic acids is 1. The summed E-state index contributed by atoms with van der Waals surface area (Å²) in [6, 6.07) is 0.284. The van der Waals surface area contributed by atoms with Gasteiger partial charge in [-0.15, -0.1) is 0 Å². The molecule has 0 aromatic carbocycles. The number of hydrogen-bond acceptors (Lipinski definition) is 2. The van der Waals surface area contributed by atoms with E-state index in [0.717, 1.165) is 19.3 Å². The average Bonchev–Trinajstić information content (AvgIpc) is 2.12. The molecule has 0 spiro atoms. The van der Waals surface area contributed by atoms with Crippen LogP contribution in [0.4, 0.5) is 0 Å². The van der Waals surface area contributed by atoms with Gasteiger partial charge in [-0.3, -0.25) is 4.79 Å². The zero-order valence-electron chi connectivity index (χ0n) is 7.95. The van der Waals surface area contributed by atoms with Crippen LogP contribution in [0.15, 0.2) is 12.2 Å². The molecule has 2 rings (SSSR count). The van der Waals surface area contributed by atoms with Gasteiger partial charge in [-0.05, 0) is 19.3 Å². The number of carbonyl (C=O) groups is 1. The number of rotatable bonds is 0. The summed E-state index contributed by atoms with van der Waals surface area (Å²) in [5, 5.41) is 0. The molecule has 3 heteroatoms. The van der Waals surface area contributed by atoms with E-state index in [9.17, 15) is 4.79 Å². The Labute approximate surface area is 78.4 Å². The average molecular weight is 181 g/mol. The first-order valence-corrected chi connectivity index (χ1v) is 4.72. The normalized spacial score (nSPS) is 34.7. The summed E-state index contributed by atoms with van der Waals surface area (Å²) in [7, 11) is 1.87. The second kappa shape index (κ2) is 3.14. The van der Waals surface area contributed by atoms with Crippen LogP contribution < -0.4 is 0 Å². The van der Waals surface area contributed by atoms with Gasteiger partial charge >= 0.3 is 0 Å². The summed E-state index contributed by atoms with van der Waals surface area (Å²) in [4.78, 5) is 13.1. The number of ether oxygens (including phenoxy) is 1. The number of fused-ring (bicyclic) bond motifs is 1. The summed E-state index contributed by atoms with van der Waals surface area (Å²) in [5.41, 5.74) is 1.25. The topological polar surface area (TPSA) is 29.5 Å². The van der Waals surface area contributed by atoms with Crippen LogP contribution in [0.1, 0.15) is 19.3 Å². The van der Waals surface area contributed by atoms with E-state index in [2.05, 4.69) is 6.58 Å². The lowest BCUT2D eigenvalue weighted by molar-refractivity contribution is -0.155. The molecule has 2 fully saturated rings. The highest BCUT2D eigenvalue weighted by Gasteiger charge is 2.36. The van der Waals surface area contributed by atoms with Gasteiger partial charge in [-0.25, -0.2) is 0 Å². The number of hydrogen-bond donors (Lipinski definition) is 0. The van der Waals surface area contributed by atoms with Crippen LogP contribution in [0, 0.1) is 0 Å². The van der Waals surface area contributed by atoms with E-state index in [4.69, 9.17) is 4.74 Å². The van der Waals surface area contributed by atoms with Crippen LogP contribution in [-0.2, 0) is 9.53 Å². The molecule has 2 unspecified atom stereocenters. The lowest BCUT2D eigenvalue weighted by Crippen LogP contribution is -2.53. The Balaban J connectivity index is 2.10. The Kier molecular flexibility index (Phi) is 2.12. The Morgan fingerprint density at radius 2 is 2.38 bits per heavy atom. The van der Waals surface area contributed by atoms with Crippen molar-refractivity contribution in [1.29, 1.82) is 0 Å². The van der Waals surface area contributed by atoms with Crippen molar-refractivity contribution < 1.29 is 9.53 Å². The molecule has 0 aromatic rings. The Bertz CT molecular complexity index is 249. The molecular formula is C10H15NO2. The maximum Gasteiger partial charge on any atom is 0.248 e. The van der Waals surface area contributed by atoms with Crippen LogP contribution in [-0.4, -0.2) is 36.6 Å². The van der Waals surface area contributed by atoms with Gasteiger partial charge in [0.25, 0.3) is 0 Å². The SMILES string of the molecule is C=C1CCC2C(C1)OCC(=O)N2C. The van der Waals surface area contributed by atoms with Gasteiger partial charge in [-0.1, -0.05) is 12.2 Å². The van der Waals surface area contributed by atoms with Crippen molar-refractivity contribution in [1.82, 2.24) is 4.90 Å². The third kappa shape index (κ3) is 1.48. The summed E-state index contributed by atoms with van der Waals surface area (Å²) in [5.74, 6) is 0.105. The smallest absolute Gasteiger partial charge is 0.248 e. The second-order valence-electron chi connectivity index (χ2n) is 3.91. The van der Waals surface area contributed by atoms with Gasteiger partial charge in [0.05, 0.1) is 12.1 Å². The highest BCUT2D eigenvalue weighted by molar-refractivity contribution is 5.78. The molecular weight excluding hydrogens is 166 g/mol. The second-order valence-corrected chi connectivity index (χ2v) is 3.91. The van der Waals surface area contributed by atoms with Gasteiger partial charge in [-0.2, -0.15) is 0 Å². The van der Waals surface area contributed by atoms with E-state index >= 15 is 0 Å². The Hall–Kier alpha value is -0.830. The molecule has 1 saturated carbocycles. The fraction of sp³-hybridized carbons (Fsp3) is 0.700. The summed E-state index contributed by atoms with van der Waals surface area (Å²) in [6.45, 7) is 4.21. The predicted octanol–water partition coefficient (Wildman–Crippen LogP) is 0.952. The van der Waals surface area contributed by atoms with Crippen LogP contribution in [0.25, 0.3) is 0 Å². The van der Waals surface area contributed by atoms with Gasteiger partial charge < -0.3 is 9.64 Å². The highest BCUT2D eigenvalue weighted by atomic mass is 16.5. The predicted molar refractivity (Wildman–Crippen MR) is 49.3 cm³/mol. The quantitative estimate of drug-likeness (QED) is 0.521. The Morgan fingerprint density at radius 3 is 3.15 bits per heavy atom. The van der Waals surface area contributed by atoms with Gasteiger partial charge in [0.1, 0.15) is 6.61 Å². The molecule has 72 valence electrons. The van der Waals surface area contributed by atoms with E-state index in [0.29, 0.717) is 0 Å². The first-order chi connectivity index (χ1) is 6.18. The van der Waals surface area contributed by atoms with Crippen molar-refractivity contribution in [3.8, 4) is 0 Å². The monoisotopic (exact) mass is 181 g/mol. The van der Waals surface area contributed by atoms with Crippen molar-refractivity contribution in [3.05, 3.63) is 12.2 Å². The van der Waals surface area contributed by atoms with Crippen molar-refractivity contribution in [2.75, 3.05) is 13.7 Å². The minimum atomic E-state index is 0.105. The minimum absolute atomic E-state index is 0.105. The molecule has 13 heavy (non-hydrogen) atoms. The van der Waals surface area contributed by atoms with Crippen molar-refractivity contribution in [3.63, 3.8) is 0 Å². The fourth-order valence-electron chi connectivity index (χ4n) is 2.14. The van der Waals surface area contributed by atoms with Crippen LogP contribution in [0.2, 0.25) is 0 Å². The number of nitrogens with zero attached hydrogens (tertiary/aromatic N) is 1. The van der Waals surface area contributed by atoms with E-state index < -0.39 is 0 Å². The molecule has 1 amide bonds. The summed E-state index contributed by atoms with van der Waals surface area (Å²) >= 11 is 0. The molecule has 2 atom stereocenters. The van der Waals surface area contributed by atoms with Crippen molar-refractivity contribution in [2.45, 2.75) is 31.4 Å². The number of morpholine rings is 1. The largest absolute Gasteiger partial charge is 0.366 e. The molecule has 1 aliphatic carbocycles. The molecule has 0 N–H and O–H groups in total. The molecule has 3 nitrogen and oxygen atoms in total. The third-order valence-electron chi connectivity index (χ3n) is 3.02. The van der Waals surface area contributed by atoms with Crippen molar-refractivity contribution in [2.24, 2.45) is 0 Å². The molecule has 0 aromatic heterocycles. The highest BCUT2D eigenvalue weighted by Crippen LogP contribution is 2.30. The molecule has 0 radical (unpaired) electrons. The van der Waals surface area contributed by atoms with Gasteiger partial charge in [0, 0.05) is 7.05 Å².